The number of allylic oxidation sites excluding steroid dienone is 5. The van der Waals surface area contributed by atoms with Crippen LogP contribution in [0.1, 0.15) is 34.3 Å². The van der Waals surface area contributed by atoms with Gasteiger partial charge in [0.1, 0.15) is 18.7 Å². The summed E-state index contributed by atoms with van der Waals surface area (Å²) in [6.07, 6.45) is 7.03. The number of halogens is 4. The molecule has 42 heavy (non-hydrogen) atoms. The van der Waals surface area contributed by atoms with Crippen LogP contribution in [0.2, 0.25) is 0 Å². The third-order valence-corrected chi connectivity index (χ3v) is 11.6. The zero-order valence-corrected chi connectivity index (χ0v) is 23.1. The van der Waals surface area contributed by atoms with Crippen molar-refractivity contribution in [2.45, 2.75) is 12.8 Å². The van der Waals surface area contributed by atoms with Gasteiger partial charge < -0.3 is 14.6 Å². The van der Waals surface area contributed by atoms with Gasteiger partial charge in [-0.15, -0.1) is 0 Å². The Morgan fingerprint density at radius 3 is 2.21 bits per heavy atom. The Bertz CT molecular complexity index is 1890. The molecule has 4 aliphatic rings. The van der Waals surface area contributed by atoms with Gasteiger partial charge in [0.25, 0.3) is 0 Å². The maximum absolute atomic E-state index is 15.7. The normalized spacial score (nSPS) is 21.0. The quantitative estimate of drug-likeness (QED) is 0.141. The van der Waals surface area contributed by atoms with Crippen LogP contribution in [-0.4, -0.2) is 47.5 Å². The number of anilines is 1. The second kappa shape index (κ2) is 9.66. The summed E-state index contributed by atoms with van der Waals surface area (Å²) in [7, 11) is -3.70. The maximum atomic E-state index is 15.7. The Morgan fingerprint density at radius 2 is 1.60 bits per heavy atom. The SMILES string of the molecule is O=C(O)c1c(F)c(F)c(F)c(F)c1C1=C2C=CC(=[N+]3CCC3)C=C2P(=O)(c2ccccc2)c2cc(N3CCC3)ccc21. The second-order valence-electron chi connectivity index (χ2n) is 10.7. The van der Waals surface area contributed by atoms with Gasteiger partial charge in [-0.25, -0.2) is 26.9 Å². The van der Waals surface area contributed by atoms with Crippen molar-refractivity contribution in [1.29, 1.82) is 0 Å². The maximum Gasteiger partial charge on any atom is 0.339 e. The van der Waals surface area contributed by atoms with E-state index in [-0.39, 0.29) is 16.7 Å². The van der Waals surface area contributed by atoms with E-state index in [1.54, 1.807) is 66.8 Å². The zero-order valence-electron chi connectivity index (χ0n) is 22.2. The Hall–Kier alpha value is -4.23. The van der Waals surface area contributed by atoms with Crippen LogP contribution in [0.25, 0.3) is 5.57 Å². The molecular formula is C32H24F4N2O3P+. The molecule has 10 heteroatoms. The van der Waals surface area contributed by atoms with Crippen LogP contribution < -0.4 is 15.5 Å². The van der Waals surface area contributed by atoms with Gasteiger partial charge in [0.05, 0.1) is 6.42 Å². The van der Waals surface area contributed by atoms with Gasteiger partial charge in [-0.3, -0.25) is 0 Å². The molecule has 2 saturated heterocycles. The van der Waals surface area contributed by atoms with Gasteiger partial charge in [-0.2, -0.15) is 0 Å². The van der Waals surface area contributed by atoms with E-state index in [9.17, 15) is 18.7 Å². The summed E-state index contributed by atoms with van der Waals surface area (Å²) < 4.78 is 77.7. The first-order valence-corrected chi connectivity index (χ1v) is 15.3. The number of aromatic carboxylic acids is 1. The van der Waals surface area contributed by atoms with Gasteiger partial charge in [-0.05, 0) is 35.8 Å². The van der Waals surface area contributed by atoms with Gasteiger partial charge >= 0.3 is 5.97 Å². The fourth-order valence-corrected chi connectivity index (χ4v) is 9.14. The summed E-state index contributed by atoms with van der Waals surface area (Å²) in [4.78, 5) is 14.4. The minimum atomic E-state index is -3.70. The van der Waals surface area contributed by atoms with Gasteiger partial charge in [0.2, 0.25) is 5.71 Å². The number of fused-ring (bicyclic) bond motifs is 2. The first kappa shape index (κ1) is 26.7. The highest BCUT2D eigenvalue weighted by Gasteiger charge is 2.45. The Morgan fingerprint density at radius 1 is 0.881 bits per heavy atom. The zero-order chi connectivity index (χ0) is 29.3. The highest BCUT2D eigenvalue weighted by Crippen LogP contribution is 2.62. The predicted molar refractivity (Wildman–Crippen MR) is 153 cm³/mol. The lowest BCUT2D eigenvalue weighted by atomic mass is 9.86. The van der Waals surface area contributed by atoms with E-state index >= 15 is 13.3 Å². The Labute approximate surface area is 238 Å². The van der Waals surface area contributed by atoms with E-state index in [1.165, 1.54) is 0 Å². The Kier molecular flexibility index (Phi) is 6.13. The molecular weight excluding hydrogens is 567 g/mol. The molecule has 5 nitrogen and oxygen atoms in total. The van der Waals surface area contributed by atoms with E-state index in [2.05, 4.69) is 9.48 Å². The molecule has 3 aromatic carbocycles. The summed E-state index contributed by atoms with van der Waals surface area (Å²) in [6, 6.07) is 13.9. The lowest BCUT2D eigenvalue weighted by molar-refractivity contribution is -0.582. The molecule has 0 aromatic heterocycles. The molecule has 0 amide bonds. The van der Waals surface area contributed by atoms with E-state index in [0.717, 1.165) is 50.4 Å². The van der Waals surface area contributed by atoms with E-state index in [1.807, 2.05) is 0 Å². The van der Waals surface area contributed by atoms with Crippen LogP contribution in [0.3, 0.4) is 0 Å². The molecule has 0 radical (unpaired) electrons. The third kappa shape index (κ3) is 3.72. The molecule has 0 spiro atoms. The van der Waals surface area contributed by atoms with Crippen molar-refractivity contribution in [1.82, 2.24) is 0 Å². The van der Waals surface area contributed by atoms with Crippen LogP contribution in [-0.2, 0) is 4.57 Å². The van der Waals surface area contributed by atoms with Crippen LogP contribution in [0.15, 0.2) is 77.6 Å². The summed E-state index contributed by atoms with van der Waals surface area (Å²) in [5.74, 6) is -10.1. The average molecular weight is 592 g/mol. The van der Waals surface area contributed by atoms with E-state index in [0.29, 0.717) is 15.9 Å². The standard InChI is InChI=1S/C32H23F4N2O3P/c33-28-26(27(32(39)40)29(34)31(36)30(28)35)25-21-10-8-18(37-12-4-13-37)16-23(21)42(41,20-6-2-1-3-7-20)24-17-19(9-11-22(24)25)38-14-5-15-38/h1-3,6-11,16-17H,4-5,12-15H2/p+1. The highest BCUT2D eigenvalue weighted by atomic mass is 31.2. The van der Waals surface area contributed by atoms with Crippen molar-refractivity contribution in [2.24, 2.45) is 0 Å². The molecule has 3 aromatic rings. The summed E-state index contributed by atoms with van der Waals surface area (Å²) in [5, 5.41) is 11.0. The topological polar surface area (TPSA) is 60.6 Å². The summed E-state index contributed by atoms with van der Waals surface area (Å²) >= 11 is 0. The van der Waals surface area contributed by atoms with Crippen molar-refractivity contribution in [2.75, 3.05) is 31.1 Å². The van der Waals surface area contributed by atoms with Crippen LogP contribution in [0.4, 0.5) is 23.2 Å². The number of hydrogen-bond acceptors (Lipinski definition) is 3. The van der Waals surface area contributed by atoms with Crippen LogP contribution in [0.5, 0.6) is 0 Å². The van der Waals surface area contributed by atoms with E-state index < -0.39 is 47.5 Å². The molecule has 1 aliphatic carbocycles. The second-order valence-corrected chi connectivity index (χ2v) is 13.4. The molecule has 2 fully saturated rings. The summed E-state index contributed by atoms with van der Waals surface area (Å²) in [5.41, 5.74) is -0.519. The number of benzene rings is 3. The molecule has 0 saturated carbocycles. The van der Waals surface area contributed by atoms with Crippen molar-refractivity contribution >= 4 is 40.7 Å². The number of nitrogens with zero attached hydrogens (tertiary/aromatic N) is 2. The average Bonchev–Trinajstić information content (AvgIpc) is 2.93. The van der Waals surface area contributed by atoms with Crippen molar-refractivity contribution in [3.8, 4) is 0 Å². The number of carbonyl (C=O) groups is 1. The van der Waals surface area contributed by atoms with Crippen molar-refractivity contribution in [3.63, 3.8) is 0 Å². The minimum Gasteiger partial charge on any atom is -0.478 e. The molecule has 0 bridgehead atoms. The number of rotatable bonds is 4. The first-order chi connectivity index (χ1) is 20.2. The third-order valence-electron chi connectivity index (χ3n) is 8.47. The lowest BCUT2D eigenvalue weighted by Crippen LogP contribution is -2.38. The molecule has 212 valence electrons. The highest BCUT2D eigenvalue weighted by molar-refractivity contribution is 7.83. The first-order valence-electron chi connectivity index (χ1n) is 13.6. The monoisotopic (exact) mass is 591 g/mol. The van der Waals surface area contributed by atoms with Crippen molar-refractivity contribution < 1.29 is 36.6 Å². The molecule has 3 aliphatic heterocycles. The molecule has 3 heterocycles. The molecule has 1 atom stereocenters. The fourth-order valence-electron chi connectivity index (χ4n) is 6.05. The summed E-state index contributed by atoms with van der Waals surface area (Å²) in [6.45, 7) is 3.14. The number of carboxylic acids is 1. The fraction of sp³-hybridized carbons (Fsp3) is 0.188. The Balaban J connectivity index is 1.64. The van der Waals surface area contributed by atoms with Gasteiger partial charge in [0.15, 0.2) is 30.4 Å². The van der Waals surface area contributed by atoms with Gasteiger partial charge in [-0.1, -0.05) is 36.4 Å². The van der Waals surface area contributed by atoms with E-state index in [4.69, 9.17) is 0 Å². The number of carboxylic acid groups (broad SMARTS) is 1. The van der Waals surface area contributed by atoms with Crippen molar-refractivity contribution in [3.05, 3.63) is 118 Å². The van der Waals surface area contributed by atoms with Crippen LogP contribution >= 0.6 is 7.14 Å². The number of hydrogen-bond donors (Lipinski definition) is 1. The minimum absolute atomic E-state index is 0.152. The molecule has 1 unspecified atom stereocenters. The van der Waals surface area contributed by atoms with Crippen LogP contribution in [0, 0.1) is 23.3 Å². The predicted octanol–water partition coefficient (Wildman–Crippen LogP) is 5.59. The largest absolute Gasteiger partial charge is 0.478 e. The smallest absolute Gasteiger partial charge is 0.339 e. The lowest BCUT2D eigenvalue weighted by Gasteiger charge is -2.37. The molecule has 1 N–H and O–H groups in total. The molecule has 7 rings (SSSR count). The van der Waals surface area contributed by atoms with Gasteiger partial charge in [0, 0.05) is 58.0 Å².